The predicted molar refractivity (Wildman–Crippen MR) is 0 cm³/mol. The van der Waals surface area contributed by atoms with Crippen LogP contribution in [0.4, 0.5) is 0 Å². The Bertz CT molecular complexity index is 0. The first kappa shape index (κ1) is 289. The quantitative estimate of drug-likeness (QED) is 0.320. The van der Waals surface area contributed by atoms with Crippen molar-refractivity contribution in [3.63, 3.8) is 0 Å². The van der Waals surface area contributed by atoms with Crippen molar-refractivity contribution in [2.24, 2.45) is 0 Å². The molecule has 0 N–H and O–H groups in total. The van der Waals surface area contributed by atoms with E-state index in [2.05, 4.69) is 0 Å². The molecular formula is Co23. The summed E-state index contributed by atoms with van der Waals surface area (Å²) in [5.74, 6) is 0. The van der Waals surface area contributed by atoms with Crippen LogP contribution in [-0.2, 0) is 386 Å². The molecule has 0 aliphatic heterocycles. The fraction of sp³-hybridized carbons (Fsp3) is 0. The normalized spacial score (nSPS) is 0. The SMILES string of the molecule is [Co].[Co].[Co].[Co].[Co].[Co].[Co].[Co].[Co].[Co].[Co].[Co].[Co].[Co].[Co].[Co].[Co].[Co].[Co].[Co].[Co].[Co].[Co]. The molecule has 0 amide bonds. The fourth-order valence-electron chi connectivity index (χ4n) is 0. The van der Waals surface area contributed by atoms with Gasteiger partial charge in [0.2, 0.25) is 0 Å². The summed E-state index contributed by atoms with van der Waals surface area (Å²) in [6, 6.07) is 0. The summed E-state index contributed by atoms with van der Waals surface area (Å²) in [6.07, 6.45) is 0. The van der Waals surface area contributed by atoms with Crippen LogP contribution in [0.5, 0.6) is 0 Å². The van der Waals surface area contributed by atoms with Gasteiger partial charge >= 0.3 is 0 Å². The van der Waals surface area contributed by atoms with Crippen LogP contribution in [0.15, 0.2) is 0 Å². The molecule has 0 atom stereocenters. The molecule has 0 aromatic heterocycles. The number of hydrogen-bond acceptors (Lipinski definition) is 0. The van der Waals surface area contributed by atoms with Crippen LogP contribution in [0.2, 0.25) is 0 Å². The molecule has 0 aromatic carbocycles. The van der Waals surface area contributed by atoms with E-state index in [1.54, 1.807) is 0 Å². The summed E-state index contributed by atoms with van der Waals surface area (Å²) in [4.78, 5) is 0. The Hall–Kier alpha value is 11.6. The summed E-state index contributed by atoms with van der Waals surface area (Å²) in [5.41, 5.74) is 0. The van der Waals surface area contributed by atoms with E-state index < -0.39 is 0 Å². The maximum absolute atomic E-state index is 0. The largest absolute Gasteiger partial charge is 0 e. The van der Waals surface area contributed by atoms with Crippen molar-refractivity contribution in [3.8, 4) is 0 Å². The van der Waals surface area contributed by atoms with Crippen molar-refractivity contribution in [1.29, 1.82) is 0 Å². The third-order valence-electron chi connectivity index (χ3n) is 0. The first-order chi connectivity index (χ1) is 0. The van der Waals surface area contributed by atoms with Crippen LogP contribution in [0, 0.1) is 0 Å². The molecule has 0 unspecified atom stereocenters. The van der Waals surface area contributed by atoms with Gasteiger partial charge in [-0.15, -0.1) is 0 Å². The van der Waals surface area contributed by atoms with Crippen molar-refractivity contribution in [3.05, 3.63) is 0 Å². The molecule has 0 fully saturated rings. The van der Waals surface area contributed by atoms with Crippen LogP contribution in [-0.4, -0.2) is 0 Å². The van der Waals surface area contributed by atoms with Crippen LogP contribution in [0.1, 0.15) is 0 Å². The molecule has 23 heteroatoms. The second-order valence-electron chi connectivity index (χ2n) is 0. The van der Waals surface area contributed by atoms with Gasteiger partial charge in [-0.25, -0.2) is 0 Å². The summed E-state index contributed by atoms with van der Waals surface area (Å²) < 4.78 is 0. The Morgan fingerprint density at radius 2 is 0.0435 bits per heavy atom. The van der Waals surface area contributed by atoms with Gasteiger partial charge in [0.05, 0.1) is 0 Å². The molecule has 0 nitrogen and oxygen atoms in total. The molecule has 0 aliphatic carbocycles. The average Bonchev–Trinajstić information content (AvgIpc) is 0. The molecule has 207 valence electrons. The van der Waals surface area contributed by atoms with Crippen molar-refractivity contribution in [2.45, 2.75) is 0 Å². The summed E-state index contributed by atoms with van der Waals surface area (Å²) in [7, 11) is 0. The molecule has 0 saturated heterocycles. The molecule has 0 saturated carbocycles. The molecular weight excluding hydrogens is 1360 g/mol. The average molecular weight is 1360 g/mol. The van der Waals surface area contributed by atoms with Crippen LogP contribution in [0.3, 0.4) is 0 Å². The number of rotatable bonds is 0. The molecule has 0 heterocycles. The molecule has 0 aliphatic rings. The van der Waals surface area contributed by atoms with Crippen molar-refractivity contribution < 1.29 is 386 Å². The van der Waals surface area contributed by atoms with E-state index in [9.17, 15) is 0 Å². The molecule has 23 radical (unpaired) electrons. The third kappa shape index (κ3) is 248. The van der Waals surface area contributed by atoms with E-state index >= 15 is 0 Å². The van der Waals surface area contributed by atoms with E-state index in [0.717, 1.165) is 0 Å². The Labute approximate surface area is 377 Å². The zero-order valence-electron chi connectivity index (χ0n) is 7.67. The standard InChI is InChI=1S/23Co. The summed E-state index contributed by atoms with van der Waals surface area (Å²) in [5, 5.41) is 0. The Balaban J connectivity index is 0. The van der Waals surface area contributed by atoms with Crippen LogP contribution < -0.4 is 0 Å². The topological polar surface area (TPSA) is 0 Å². The maximum Gasteiger partial charge on any atom is 0 e. The Kier molecular flexibility index (Phi) is 3320. The molecule has 23 heavy (non-hydrogen) atoms. The zero-order valence-corrected chi connectivity index (χ0v) is 31.6. The van der Waals surface area contributed by atoms with Gasteiger partial charge in [-0.3, -0.25) is 0 Å². The minimum atomic E-state index is 0. The van der Waals surface area contributed by atoms with Gasteiger partial charge in [0, 0.05) is 386 Å². The monoisotopic (exact) mass is 1360 g/mol. The zero-order chi connectivity index (χ0) is 0. The van der Waals surface area contributed by atoms with E-state index in [0.29, 0.717) is 0 Å². The van der Waals surface area contributed by atoms with E-state index in [1.807, 2.05) is 0 Å². The van der Waals surface area contributed by atoms with Gasteiger partial charge in [-0.1, -0.05) is 0 Å². The summed E-state index contributed by atoms with van der Waals surface area (Å²) >= 11 is 0. The smallest absolute Gasteiger partial charge is 0 e. The van der Waals surface area contributed by atoms with Crippen molar-refractivity contribution in [1.82, 2.24) is 0 Å². The first-order valence-electron chi connectivity index (χ1n) is 0. The summed E-state index contributed by atoms with van der Waals surface area (Å²) in [6.45, 7) is 0. The molecule has 0 bridgehead atoms. The van der Waals surface area contributed by atoms with Crippen LogP contribution >= 0.6 is 0 Å². The van der Waals surface area contributed by atoms with Gasteiger partial charge < -0.3 is 0 Å². The van der Waals surface area contributed by atoms with Gasteiger partial charge in [-0.05, 0) is 0 Å². The maximum atomic E-state index is 0. The van der Waals surface area contributed by atoms with Gasteiger partial charge in [0.1, 0.15) is 0 Å². The fourth-order valence-corrected chi connectivity index (χ4v) is 0. The Morgan fingerprint density at radius 3 is 0.0435 bits per heavy atom. The van der Waals surface area contributed by atoms with Crippen molar-refractivity contribution in [2.75, 3.05) is 0 Å². The minimum absolute atomic E-state index is 0. The van der Waals surface area contributed by atoms with Gasteiger partial charge in [0.15, 0.2) is 0 Å². The molecule has 0 aromatic rings. The van der Waals surface area contributed by atoms with Crippen molar-refractivity contribution >= 4 is 0 Å². The third-order valence-corrected chi connectivity index (χ3v) is 0. The van der Waals surface area contributed by atoms with E-state index in [4.69, 9.17) is 0 Å². The second-order valence-corrected chi connectivity index (χ2v) is 0. The second kappa shape index (κ2) is 264. The van der Waals surface area contributed by atoms with E-state index in [1.165, 1.54) is 0 Å². The van der Waals surface area contributed by atoms with Gasteiger partial charge in [0.25, 0.3) is 0 Å². The Morgan fingerprint density at radius 1 is 0.0435 bits per heavy atom. The minimum Gasteiger partial charge on any atom is 0 e. The van der Waals surface area contributed by atoms with E-state index in [-0.39, 0.29) is 386 Å². The predicted octanol–water partition coefficient (Wildman–Crippen LogP) is -0.0575. The molecule has 0 spiro atoms. The van der Waals surface area contributed by atoms with Crippen LogP contribution in [0.25, 0.3) is 0 Å². The van der Waals surface area contributed by atoms with Gasteiger partial charge in [-0.2, -0.15) is 0 Å². The molecule has 0 rings (SSSR count). The first-order valence-corrected chi connectivity index (χ1v) is 0. The number of hydrogen-bond donors (Lipinski definition) is 0.